The SMILES string of the molecule is CC(C)(COP(=O)(O)OP(=O)(O)OC[C@H]1O[C@@H](n2cnc3c(N)ncnc32)[C@H](O)[C@@H]1OP(=O)(O)O)[C@@H](O)C(=O)NCCC(=O)NCCSC(=O)CCCCCCCO. The number of hydrogen-bond donors (Lipinski definition) is 10. The molecule has 2 amide bonds. The molecule has 2 aromatic rings. The number of thioether (sulfide) groups is 1. The molecule has 0 aliphatic carbocycles. The molecule has 0 radical (unpaired) electrons. The number of aliphatic hydroxyl groups is 3. The van der Waals surface area contributed by atoms with Crippen molar-refractivity contribution in [2.45, 2.75) is 89.4 Å². The van der Waals surface area contributed by atoms with Crippen LogP contribution in [0, 0.1) is 5.41 Å². The summed E-state index contributed by atoms with van der Waals surface area (Å²) in [5.74, 6) is -1.10. The number of unbranched alkanes of at least 4 members (excludes halogenated alkanes) is 4. The molecular formula is C29H50N7O18P3S. The zero-order chi connectivity index (χ0) is 43.3. The number of aliphatic hydroxyl groups excluding tert-OH is 3. The summed E-state index contributed by atoms with van der Waals surface area (Å²) in [4.78, 5) is 87.6. The van der Waals surface area contributed by atoms with E-state index in [4.69, 9.17) is 24.6 Å². The lowest BCUT2D eigenvalue weighted by Gasteiger charge is -2.30. The molecule has 1 fully saturated rings. The van der Waals surface area contributed by atoms with Gasteiger partial charge in [-0.1, -0.05) is 44.9 Å². The fourth-order valence-electron chi connectivity index (χ4n) is 5.28. The van der Waals surface area contributed by atoms with E-state index in [1.54, 1.807) is 0 Å². The predicted octanol–water partition coefficient (Wildman–Crippen LogP) is -0.00240. The van der Waals surface area contributed by atoms with Gasteiger partial charge >= 0.3 is 23.5 Å². The van der Waals surface area contributed by atoms with Crippen molar-refractivity contribution in [3.63, 3.8) is 0 Å². The molecule has 25 nitrogen and oxygen atoms in total. The zero-order valence-corrected chi connectivity index (χ0v) is 35.0. The van der Waals surface area contributed by atoms with Crippen molar-refractivity contribution in [3.8, 4) is 0 Å². The van der Waals surface area contributed by atoms with Crippen molar-refractivity contribution in [1.29, 1.82) is 0 Å². The molecule has 3 heterocycles. The van der Waals surface area contributed by atoms with E-state index < -0.39 is 84.6 Å². The van der Waals surface area contributed by atoms with Crippen LogP contribution in [0.1, 0.15) is 65.0 Å². The minimum absolute atomic E-state index is 0.00772. The van der Waals surface area contributed by atoms with Crippen LogP contribution in [0.3, 0.4) is 0 Å². The number of anilines is 1. The number of carbonyl (C=O) groups is 3. The number of phosphoric acid groups is 3. The predicted molar refractivity (Wildman–Crippen MR) is 202 cm³/mol. The van der Waals surface area contributed by atoms with Gasteiger partial charge in [0.15, 0.2) is 22.8 Å². The van der Waals surface area contributed by atoms with Gasteiger partial charge in [-0.15, -0.1) is 0 Å². The maximum absolute atomic E-state index is 12.7. The van der Waals surface area contributed by atoms with Crippen LogP contribution in [-0.2, 0) is 50.7 Å². The molecule has 1 aliphatic rings. The van der Waals surface area contributed by atoms with Gasteiger partial charge in [0.05, 0.1) is 19.5 Å². The van der Waals surface area contributed by atoms with Crippen molar-refractivity contribution in [2.24, 2.45) is 5.41 Å². The van der Waals surface area contributed by atoms with Gasteiger partial charge in [-0.05, 0) is 12.8 Å². The minimum atomic E-state index is -5.57. The molecule has 330 valence electrons. The largest absolute Gasteiger partial charge is 0.481 e. The number of amides is 2. The molecule has 2 unspecified atom stereocenters. The Balaban J connectivity index is 1.43. The highest BCUT2D eigenvalue weighted by molar-refractivity contribution is 8.13. The summed E-state index contributed by atoms with van der Waals surface area (Å²) >= 11 is 1.10. The molecule has 0 aromatic carbocycles. The number of aromatic nitrogens is 4. The molecule has 7 atom stereocenters. The summed E-state index contributed by atoms with van der Waals surface area (Å²) < 4.78 is 62.1. The molecule has 1 saturated heterocycles. The number of nitrogens with two attached hydrogens (primary N) is 1. The van der Waals surface area contributed by atoms with E-state index in [-0.39, 0.29) is 48.2 Å². The normalized spacial score (nSPS) is 21.3. The molecular weight excluding hydrogens is 859 g/mol. The van der Waals surface area contributed by atoms with Crippen LogP contribution in [0.15, 0.2) is 12.7 Å². The van der Waals surface area contributed by atoms with E-state index in [1.807, 2.05) is 0 Å². The van der Waals surface area contributed by atoms with Gasteiger partial charge in [-0.2, -0.15) is 4.31 Å². The van der Waals surface area contributed by atoms with Crippen LogP contribution in [0.2, 0.25) is 0 Å². The lowest BCUT2D eigenvalue weighted by molar-refractivity contribution is -0.137. The number of hydrogen-bond acceptors (Lipinski definition) is 19. The lowest BCUT2D eigenvalue weighted by atomic mass is 9.87. The van der Waals surface area contributed by atoms with E-state index in [9.17, 15) is 57.9 Å². The van der Waals surface area contributed by atoms with E-state index in [1.165, 1.54) is 13.8 Å². The van der Waals surface area contributed by atoms with Gasteiger partial charge < -0.3 is 56.0 Å². The van der Waals surface area contributed by atoms with Crippen LogP contribution in [0.5, 0.6) is 0 Å². The number of nitrogens with zero attached hydrogens (tertiary/aromatic N) is 4. The third kappa shape index (κ3) is 16.2. The van der Waals surface area contributed by atoms with Crippen molar-refractivity contribution in [1.82, 2.24) is 30.2 Å². The zero-order valence-electron chi connectivity index (χ0n) is 31.5. The molecule has 0 saturated carbocycles. The first-order valence-electron chi connectivity index (χ1n) is 17.7. The average molecular weight is 910 g/mol. The maximum atomic E-state index is 12.7. The fraction of sp³-hybridized carbons (Fsp3) is 0.724. The van der Waals surface area contributed by atoms with Crippen LogP contribution < -0.4 is 16.4 Å². The first-order valence-corrected chi connectivity index (χ1v) is 23.2. The molecule has 2 aromatic heterocycles. The molecule has 0 bridgehead atoms. The fourth-order valence-corrected chi connectivity index (χ4v) is 8.83. The van der Waals surface area contributed by atoms with Crippen molar-refractivity contribution < 1.29 is 85.6 Å². The number of fused-ring (bicyclic) bond motifs is 1. The molecule has 11 N–H and O–H groups in total. The Labute approximate surface area is 336 Å². The van der Waals surface area contributed by atoms with Crippen LogP contribution in [0.25, 0.3) is 11.2 Å². The van der Waals surface area contributed by atoms with Crippen molar-refractivity contribution in [3.05, 3.63) is 12.7 Å². The smallest absolute Gasteiger partial charge is 0.396 e. The summed E-state index contributed by atoms with van der Waals surface area (Å²) in [6.45, 7) is 0.644. The second-order valence-electron chi connectivity index (χ2n) is 13.5. The van der Waals surface area contributed by atoms with Gasteiger partial charge in [0, 0.05) is 43.7 Å². The third-order valence-electron chi connectivity index (χ3n) is 8.30. The molecule has 3 rings (SSSR count). The number of nitrogen functional groups attached to an aromatic ring is 1. The first-order chi connectivity index (χ1) is 27.1. The Morgan fingerprint density at radius 3 is 2.34 bits per heavy atom. The Kier molecular flexibility index (Phi) is 19.3. The van der Waals surface area contributed by atoms with Crippen molar-refractivity contribution >= 4 is 69.1 Å². The molecule has 29 heteroatoms. The lowest BCUT2D eigenvalue weighted by Crippen LogP contribution is -2.46. The van der Waals surface area contributed by atoms with Crippen LogP contribution >= 0.6 is 35.2 Å². The van der Waals surface area contributed by atoms with Crippen LogP contribution in [0.4, 0.5) is 5.82 Å². The third-order valence-corrected chi connectivity index (χ3v) is 12.3. The highest BCUT2D eigenvalue weighted by Crippen LogP contribution is 2.61. The van der Waals surface area contributed by atoms with E-state index in [0.29, 0.717) is 12.2 Å². The second-order valence-corrected chi connectivity index (χ2v) is 18.9. The standard InChI is InChI=1S/C29H50N7O18P3S/c1-29(2,24(41)27(42)32-10-9-19(38)31-11-13-58-20(39)8-6-4-3-5-7-12-37)15-51-57(48,49)54-56(46,47)50-14-18-23(53-55(43,44)45)22(40)28(52-18)36-17-35-21-25(30)33-16-34-26(21)36/h16-18,22-24,28,37,40-41H,3-15H2,1-2H3,(H,31,38)(H,32,42)(H,46,47)(H,48,49)(H2,30,33,34)(H2,43,44,45)/t18-,22-,23-,24+,28-/m1/s1. The second kappa shape index (κ2) is 22.4. The summed E-state index contributed by atoms with van der Waals surface area (Å²) in [5, 5.41) is 35.2. The summed E-state index contributed by atoms with van der Waals surface area (Å²) in [6, 6.07) is 0. The monoisotopic (exact) mass is 909 g/mol. The number of phosphoric ester groups is 3. The summed E-state index contributed by atoms with van der Waals surface area (Å²) in [5.41, 5.74) is 4.26. The Morgan fingerprint density at radius 2 is 1.66 bits per heavy atom. The quantitative estimate of drug-likeness (QED) is 0.0438. The van der Waals surface area contributed by atoms with Gasteiger partial charge in [-0.3, -0.25) is 32.5 Å². The number of carbonyl (C=O) groups excluding carboxylic acids is 3. The number of nitrogens with one attached hydrogen (secondary N) is 2. The average Bonchev–Trinajstić information content (AvgIpc) is 3.69. The minimum Gasteiger partial charge on any atom is -0.396 e. The number of imidazole rings is 1. The summed E-state index contributed by atoms with van der Waals surface area (Å²) in [6.07, 6.45) is -2.27. The Bertz CT molecular complexity index is 1840. The van der Waals surface area contributed by atoms with E-state index in [2.05, 4.69) is 34.4 Å². The molecule has 0 spiro atoms. The first kappa shape index (κ1) is 49.9. The topological polar surface area (TPSA) is 384 Å². The van der Waals surface area contributed by atoms with Gasteiger partial charge in [0.2, 0.25) is 11.8 Å². The number of rotatable bonds is 26. The van der Waals surface area contributed by atoms with Crippen molar-refractivity contribution in [2.75, 3.05) is 44.4 Å². The summed E-state index contributed by atoms with van der Waals surface area (Å²) in [7, 11) is -16.4. The number of ether oxygens (including phenoxy) is 1. The Morgan fingerprint density at radius 1 is 0.983 bits per heavy atom. The highest BCUT2D eigenvalue weighted by atomic mass is 32.2. The van der Waals surface area contributed by atoms with Gasteiger partial charge in [0.1, 0.15) is 36.3 Å². The van der Waals surface area contributed by atoms with Gasteiger partial charge in [-0.25, -0.2) is 28.6 Å². The Hall–Kier alpha value is -2.48. The van der Waals surface area contributed by atoms with E-state index >= 15 is 0 Å². The van der Waals surface area contributed by atoms with Gasteiger partial charge in [0.25, 0.3) is 0 Å². The maximum Gasteiger partial charge on any atom is 0.481 e. The molecule has 1 aliphatic heterocycles. The molecule has 58 heavy (non-hydrogen) atoms. The van der Waals surface area contributed by atoms with Crippen LogP contribution in [-0.4, -0.2) is 134 Å². The highest BCUT2D eigenvalue weighted by Gasteiger charge is 2.50. The van der Waals surface area contributed by atoms with E-state index in [0.717, 1.165) is 61.1 Å².